The van der Waals surface area contributed by atoms with Gasteiger partial charge in [0.1, 0.15) is 0 Å². The molecule has 110 valence electrons. The first-order valence-corrected chi connectivity index (χ1v) is 8.89. The van der Waals surface area contributed by atoms with Crippen LogP contribution in [-0.2, 0) is 0 Å². The van der Waals surface area contributed by atoms with Crippen LogP contribution in [0.1, 0.15) is 55.1 Å². The van der Waals surface area contributed by atoms with Crippen LogP contribution in [0.5, 0.6) is 0 Å². The van der Waals surface area contributed by atoms with Gasteiger partial charge in [0.2, 0.25) is 0 Å². The summed E-state index contributed by atoms with van der Waals surface area (Å²) in [5, 5.41) is 0. The number of benzene rings is 1. The number of rotatable bonds is 1. The first-order valence-electron chi connectivity index (χ1n) is 8.89. The normalized spacial score (nSPS) is 40.0. The van der Waals surface area contributed by atoms with Crippen molar-refractivity contribution in [1.82, 2.24) is 4.98 Å². The molecule has 4 aliphatic rings. The van der Waals surface area contributed by atoms with E-state index >= 15 is 0 Å². The second-order valence-corrected chi connectivity index (χ2v) is 8.20. The molecule has 0 N–H and O–H groups in total. The van der Waals surface area contributed by atoms with Gasteiger partial charge in [0.05, 0.1) is 5.69 Å². The van der Waals surface area contributed by atoms with Crippen molar-refractivity contribution < 1.29 is 0 Å². The first-order chi connectivity index (χ1) is 10.8. The van der Waals surface area contributed by atoms with Crippen molar-refractivity contribution in [2.24, 2.45) is 17.3 Å². The molecule has 3 bridgehead atoms. The third kappa shape index (κ3) is 1.30. The highest BCUT2D eigenvalue weighted by Crippen LogP contribution is 2.75. The van der Waals surface area contributed by atoms with E-state index in [2.05, 4.69) is 42.6 Å². The summed E-state index contributed by atoms with van der Waals surface area (Å²) in [7, 11) is 0. The number of aromatic nitrogens is 1. The molecular formula is C21H21N. The van der Waals surface area contributed by atoms with Gasteiger partial charge in [-0.05, 0) is 78.4 Å². The number of hydrogen-bond donors (Lipinski definition) is 0. The SMILES string of the molecule is c1ccc(-c2cc3c(cn2)C2CC4CC5CC3CC45C2)cc1. The Morgan fingerprint density at radius 3 is 2.36 bits per heavy atom. The molecule has 0 aliphatic heterocycles. The van der Waals surface area contributed by atoms with E-state index in [4.69, 9.17) is 4.98 Å². The Labute approximate surface area is 131 Å². The van der Waals surface area contributed by atoms with Gasteiger partial charge >= 0.3 is 0 Å². The standard InChI is InChI=1S/C21H21N/c1-2-4-13(5-3-1)20-9-18-14-6-16-8-17-7-15(19(18)12-22-20)11-21(16,17)10-14/h1-5,9,12,14-17H,6-8,10-11H2. The molecule has 0 amide bonds. The fourth-order valence-corrected chi connectivity index (χ4v) is 6.59. The predicted octanol–water partition coefficient (Wildman–Crippen LogP) is 5.14. The Bertz CT molecular complexity index is 765. The second kappa shape index (κ2) is 3.82. The topological polar surface area (TPSA) is 12.9 Å². The molecule has 3 saturated carbocycles. The van der Waals surface area contributed by atoms with E-state index in [9.17, 15) is 0 Å². The molecule has 6 rings (SSSR count). The minimum Gasteiger partial charge on any atom is -0.256 e. The average Bonchev–Trinajstić information content (AvgIpc) is 2.98. The van der Waals surface area contributed by atoms with Gasteiger partial charge in [0.15, 0.2) is 0 Å². The third-order valence-electron chi connectivity index (χ3n) is 7.50. The van der Waals surface area contributed by atoms with E-state index in [1.165, 1.54) is 43.4 Å². The molecule has 3 fully saturated rings. The molecule has 1 aromatic carbocycles. The number of pyridine rings is 1. The molecule has 0 saturated heterocycles. The summed E-state index contributed by atoms with van der Waals surface area (Å²) in [5.74, 6) is 3.73. The van der Waals surface area contributed by atoms with Gasteiger partial charge in [0, 0.05) is 11.8 Å². The van der Waals surface area contributed by atoms with E-state index in [1.54, 1.807) is 11.1 Å². The zero-order valence-corrected chi connectivity index (χ0v) is 12.8. The minimum absolute atomic E-state index is 0.751. The Balaban J connectivity index is 1.52. The Morgan fingerprint density at radius 2 is 1.59 bits per heavy atom. The van der Waals surface area contributed by atoms with Crippen LogP contribution >= 0.6 is 0 Å². The molecular weight excluding hydrogens is 266 g/mol. The van der Waals surface area contributed by atoms with Crippen molar-refractivity contribution in [3.63, 3.8) is 0 Å². The largest absolute Gasteiger partial charge is 0.256 e. The summed E-state index contributed by atoms with van der Waals surface area (Å²) in [4.78, 5) is 4.84. The molecule has 5 unspecified atom stereocenters. The number of hydrogen-bond acceptors (Lipinski definition) is 1. The fraction of sp³-hybridized carbons (Fsp3) is 0.476. The van der Waals surface area contributed by atoms with E-state index in [1.807, 2.05) is 0 Å². The lowest BCUT2D eigenvalue weighted by molar-refractivity contribution is 0.00322. The van der Waals surface area contributed by atoms with E-state index in [0.717, 1.165) is 29.1 Å². The Morgan fingerprint density at radius 1 is 0.864 bits per heavy atom. The molecule has 4 aliphatic carbocycles. The van der Waals surface area contributed by atoms with Crippen LogP contribution in [0.15, 0.2) is 42.6 Å². The summed E-state index contributed by atoms with van der Waals surface area (Å²) in [6.07, 6.45) is 9.61. The summed E-state index contributed by atoms with van der Waals surface area (Å²) < 4.78 is 0. The van der Waals surface area contributed by atoms with Gasteiger partial charge in [-0.1, -0.05) is 30.3 Å². The van der Waals surface area contributed by atoms with Gasteiger partial charge in [-0.15, -0.1) is 0 Å². The highest BCUT2D eigenvalue weighted by atomic mass is 14.7. The highest BCUT2D eigenvalue weighted by molar-refractivity contribution is 5.61. The van der Waals surface area contributed by atoms with Gasteiger partial charge in [-0.3, -0.25) is 4.98 Å². The summed E-state index contributed by atoms with van der Waals surface area (Å²) in [6, 6.07) is 13.1. The smallest absolute Gasteiger partial charge is 0.0705 e. The van der Waals surface area contributed by atoms with Crippen molar-refractivity contribution in [2.45, 2.75) is 43.9 Å². The molecule has 1 aromatic heterocycles. The quantitative estimate of drug-likeness (QED) is 0.707. The van der Waals surface area contributed by atoms with Crippen LogP contribution in [0.4, 0.5) is 0 Å². The Hall–Kier alpha value is -1.63. The predicted molar refractivity (Wildman–Crippen MR) is 87.7 cm³/mol. The van der Waals surface area contributed by atoms with E-state index in [-0.39, 0.29) is 0 Å². The highest BCUT2D eigenvalue weighted by Gasteiger charge is 2.65. The molecule has 5 atom stereocenters. The van der Waals surface area contributed by atoms with Gasteiger partial charge < -0.3 is 0 Å². The van der Waals surface area contributed by atoms with Gasteiger partial charge in [0.25, 0.3) is 0 Å². The van der Waals surface area contributed by atoms with Crippen LogP contribution in [0.3, 0.4) is 0 Å². The monoisotopic (exact) mass is 287 g/mol. The molecule has 22 heavy (non-hydrogen) atoms. The summed E-state index contributed by atoms with van der Waals surface area (Å²) in [5.41, 5.74) is 6.45. The van der Waals surface area contributed by atoms with Crippen LogP contribution in [0.25, 0.3) is 11.3 Å². The van der Waals surface area contributed by atoms with Gasteiger partial charge in [-0.2, -0.15) is 0 Å². The van der Waals surface area contributed by atoms with Crippen molar-refractivity contribution in [2.75, 3.05) is 0 Å². The molecule has 1 heteroatoms. The lowest BCUT2D eigenvalue weighted by Crippen LogP contribution is -2.41. The second-order valence-electron chi connectivity index (χ2n) is 8.20. The molecule has 0 radical (unpaired) electrons. The Kier molecular flexibility index (Phi) is 2.06. The minimum atomic E-state index is 0.751. The van der Waals surface area contributed by atoms with E-state index < -0.39 is 0 Å². The van der Waals surface area contributed by atoms with Crippen molar-refractivity contribution in [3.8, 4) is 11.3 Å². The number of fused-ring (bicyclic) bond motifs is 5. The van der Waals surface area contributed by atoms with E-state index in [0.29, 0.717) is 0 Å². The summed E-state index contributed by atoms with van der Waals surface area (Å²) in [6.45, 7) is 0. The lowest BCUT2D eigenvalue weighted by Gasteiger charge is -2.48. The van der Waals surface area contributed by atoms with Gasteiger partial charge in [-0.25, -0.2) is 0 Å². The molecule has 1 nitrogen and oxygen atoms in total. The average molecular weight is 287 g/mol. The lowest BCUT2D eigenvalue weighted by atomic mass is 9.56. The zero-order valence-electron chi connectivity index (χ0n) is 12.8. The maximum absolute atomic E-state index is 4.84. The van der Waals surface area contributed by atoms with Crippen LogP contribution in [0, 0.1) is 17.3 Å². The molecule has 1 heterocycles. The van der Waals surface area contributed by atoms with Crippen LogP contribution < -0.4 is 0 Å². The number of nitrogens with zero attached hydrogens (tertiary/aromatic N) is 1. The van der Waals surface area contributed by atoms with Crippen molar-refractivity contribution >= 4 is 0 Å². The fourth-order valence-electron chi connectivity index (χ4n) is 6.59. The maximum Gasteiger partial charge on any atom is 0.0705 e. The zero-order chi connectivity index (χ0) is 14.3. The summed E-state index contributed by atoms with van der Waals surface area (Å²) >= 11 is 0. The maximum atomic E-state index is 4.84. The van der Waals surface area contributed by atoms with Crippen molar-refractivity contribution in [3.05, 3.63) is 53.7 Å². The van der Waals surface area contributed by atoms with Crippen LogP contribution in [-0.4, -0.2) is 4.98 Å². The molecule has 1 spiro atoms. The van der Waals surface area contributed by atoms with Crippen molar-refractivity contribution in [1.29, 1.82) is 0 Å². The first kappa shape index (κ1) is 11.9. The molecule has 2 aromatic rings. The third-order valence-corrected chi connectivity index (χ3v) is 7.50. The van der Waals surface area contributed by atoms with Crippen LogP contribution in [0.2, 0.25) is 0 Å².